The Bertz CT molecular complexity index is 564. The first-order valence-corrected chi connectivity index (χ1v) is 7.10. The maximum absolute atomic E-state index is 5.78. The minimum atomic E-state index is 0.449. The summed E-state index contributed by atoms with van der Waals surface area (Å²) in [6, 6.07) is 8.59. The predicted molar refractivity (Wildman–Crippen MR) is 77.0 cm³/mol. The van der Waals surface area contributed by atoms with Gasteiger partial charge in [0.15, 0.2) is 0 Å². The van der Waals surface area contributed by atoms with Gasteiger partial charge in [-0.1, -0.05) is 35.0 Å². The molecule has 1 unspecified atom stereocenters. The number of nitrogens with two attached hydrogens (primary N) is 1. The molecule has 0 aliphatic carbocycles. The second-order valence-electron chi connectivity index (χ2n) is 5.38. The number of benzene rings is 1. The third-order valence-corrected chi connectivity index (χ3v) is 3.89. The van der Waals surface area contributed by atoms with Crippen LogP contribution in [0.2, 0.25) is 0 Å². The monoisotopic (exact) mass is 272 g/mol. The molecule has 106 valence electrons. The lowest BCUT2D eigenvalue weighted by Gasteiger charge is -2.20. The normalized spacial score (nSPS) is 19.6. The van der Waals surface area contributed by atoms with Crippen molar-refractivity contribution in [2.24, 2.45) is 5.73 Å². The van der Waals surface area contributed by atoms with Gasteiger partial charge in [-0.05, 0) is 26.3 Å². The highest BCUT2D eigenvalue weighted by Crippen LogP contribution is 2.21. The van der Waals surface area contributed by atoms with Gasteiger partial charge in [-0.3, -0.25) is 4.90 Å². The molecule has 5 nitrogen and oxygen atoms in total. The molecule has 2 N–H and O–H groups in total. The van der Waals surface area contributed by atoms with Gasteiger partial charge in [-0.2, -0.15) is 4.98 Å². The predicted octanol–water partition coefficient (Wildman–Crippen LogP) is 1.97. The second kappa shape index (κ2) is 5.73. The lowest BCUT2D eigenvalue weighted by atomic mass is 10.1. The summed E-state index contributed by atoms with van der Waals surface area (Å²) >= 11 is 0. The van der Waals surface area contributed by atoms with E-state index in [2.05, 4.69) is 34.1 Å². The van der Waals surface area contributed by atoms with E-state index < -0.39 is 0 Å². The van der Waals surface area contributed by atoms with Gasteiger partial charge in [0.25, 0.3) is 0 Å². The molecule has 0 spiro atoms. The van der Waals surface area contributed by atoms with Crippen LogP contribution in [0.3, 0.4) is 0 Å². The Morgan fingerprint density at radius 3 is 2.90 bits per heavy atom. The van der Waals surface area contributed by atoms with Crippen molar-refractivity contribution in [2.45, 2.75) is 32.4 Å². The van der Waals surface area contributed by atoms with Gasteiger partial charge in [0.1, 0.15) is 0 Å². The fourth-order valence-electron chi connectivity index (χ4n) is 2.68. The minimum absolute atomic E-state index is 0.449. The summed E-state index contributed by atoms with van der Waals surface area (Å²) in [6.07, 6.45) is 2.36. The number of aryl methyl sites for hydroxylation is 1. The van der Waals surface area contributed by atoms with Crippen LogP contribution in [0.15, 0.2) is 28.8 Å². The molecular weight excluding hydrogens is 252 g/mol. The van der Waals surface area contributed by atoms with Crippen LogP contribution in [0.4, 0.5) is 0 Å². The lowest BCUT2D eigenvalue weighted by Crippen LogP contribution is -2.34. The highest BCUT2D eigenvalue weighted by atomic mass is 16.5. The van der Waals surface area contributed by atoms with Crippen molar-refractivity contribution in [3.8, 4) is 11.4 Å². The van der Waals surface area contributed by atoms with Gasteiger partial charge in [-0.25, -0.2) is 0 Å². The van der Waals surface area contributed by atoms with Crippen LogP contribution in [-0.2, 0) is 6.54 Å². The molecule has 20 heavy (non-hydrogen) atoms. The van der Waals surface area contributed by atoms with Crippen LogP contribution in [-0.4, -0.2) is 34.2 Å². The van der Waals surface area contributed by atoms with Crippen molar-refractivity contribution >= 4 is 0 Å². The number of hydrogen-bond donors (Lipinski definition) is 1. The van der Waals surface area contributed by atoms with E-state index in [0.29, 0.717) is 30.8 Å². The molecular formula is C15H20N4O. The molecule has 1 fully saturated rings. The third-order valence-electron chi connectivity index (χ3n) is 3.89. The van der Waals surface area contributed by atoms with Crippen LogP contribution in [0.25, 0.3) is 11.4 Å². The summed E-state index contributed by atoms with van der Waals surface area (Å²) in [5.74, 6) is 1.32. The van der Waals surface area contributed by atoms with Gasteiger partial charge < -0.3 is 10.3 Å². The summed E-state index contributed by atoms with van der Waals surface area (Å²) < 4.78 is 5.36. The van der Waals surface area contributed by atoms with Crippen molar-refractivity contribution in [3.05, 3.63) is 35.7 Å². The summed E-state index contributed by atoms with van der Waals surface area (Å²) in [5.41, 5.74) is 7.99. The summed E-state index contributed by atoms with van der Waals surface area (Å²) in [5, 5.41) is 4.06. The van der Waals surface area contributed by atoms with E-state index in [9.17, 15) is 0 Å². The molecule has 1 saturated heterocycles. The fraction of sp³-hybridized carbons (Fsp3) is 0.467. The first-order valence-electron chi connectivity index (χ1n) is 7.10. The number of aromatic nitrogens is 2. The molecule has 1 atom stereocenters. The number of rotatable bonds is 4. The Hall–Kier alpha value is -1.72. The van der Waals surface area contributed by atoms with Crippen molar-refractivity contribution in [3.63, 3.8) is 0 Å². The number of likely N-dealkylation sites (tertiary alicyclic amines) is 1. The van der Waals surface area contributed by atoms with E-state index in [1.165, 1.54) is 12.0 Å². The quantitative estimate of drug-likeness (QED) is 0.921. The average molecular weight is 272 g/mol. The van der Waals surface area contributed by atoms with E-state index in [0.717, 1.165) is 18.5 Å². The Morgan fingerprint density at radius 2 is 2.15 bits per heavy atom. The Kier molecular flexibility index (Phi) is 3.80. The van der Waals surface area contributed by atoms with Crippen LogP contribution in [0.1, 0.15) is 24.3 Å². The van der Waals surface area contributed by atoms with E-state index in [1.807, 2.05) is 12.1 Å². The highest BCUT2D eigenvalue weighted by molar-refractivity contribution is 5.54. The summed E-state index contributed by atoms with van der Waals surface area (Å²) in [4.78, 5) is 6.81. The second-order valence-corrected chi connectivity index (χ2v) is 5.38. The molecule has 0 bridgehead atoms. The molecule has 1 aliphatic heterocycles. The highest BCUT2D eigenvalue weighted by Gasteiger charge is 2.25. The van der Waals surface area contributed by atoms with Crippen LogP contribution >= 0.6 is 0 Å². The molecule has 0 amide bonds. The summed E-state index contributed by atoms with van der Waals surface area (Å²) in [7, 11) is 0. The summed E-state index contributed by atoms with van der Waals surface area (Å²) in [6.45, 7) is 4.51. The van der Waals surface area contributed by atoms with Gasteiger partial charge in [0.2, 0.25) is 11.7 Å². The van der Waals surface area contributed by atoms with Gasteiger partial charge in [0.05, 0.1) is 6.54 Å². The Labute approximate surface area is 118 Å². The van der Waals surface area contributed by atoms with Crippen molar-refractivity contribution in [2.75, 3.05) is 13.1 Å². The van der Waals surface area contributed by atoms with Crippen LogP contribution < -0.4 is 5.73 Å². The molecule has 0 radical (unpaired) electrons. The van der Waals surface area contributed by atoms with Crippen molar-refractivity contribution < 1.29 is 4.52 Å². The Morgan fingerprint density at radius 1 is 1.35 bits per heavy atom. The number of nitrogens with zero attached hydrogens (tertiary/aromatic N) is 3. The minimum Gasteiger partial charge on any atom is -0.338 e. The first-order chi connectivity index (χ1) is 9.76. The zero-order valence-electron chi connectivity index (χ0n) is 11.7. The standard InChI is InChI=1S/C15H20N4O/c1-11-4-6-12(7-5-11)15-17-14(20-18-15)10-19-8-2-3-13(19)9-16/h4-7,13H,2-3,8-10,16H2,1H3. The molecule has 2 heterocycles. The molecule has 3 rings (SSSR count). The van der Waals surface area contributed by atoms with Crippen molar-refractivity contribution in [1.82, 2.24) is 15.0 Å². The van der Waals surface area contributed by atoms with Crippen LogP contribution in [0.5, 0.6) is 0 Å². The van der Waals surface area contributed by atoms with E-state index in [4.69, 9.17) is 10.3 Å². The van der Waals surface area contributed by atoms with E-state index >= 15 is 0 Å². The Balaban J connectivity index is 1.72. The molecule has 5 heteroatoms. The topological polar surface area (TPSA) is 68.2 Å². The maximum atomic E-state index is 5.78. The van der Waals surface area contributed by atoms with Crippen LogP contribution in [0, 0.1) is 6.92 Å². The number of hydrogen-bond acceptors (Lipinski definition) is 5. The third kappa shape index (κ3) is 2.73. The molecule has 2 aromatic rings. The maximum Gasteiger partial charge on any atom is 0.241 e. The fourth-order valence-corrected chi connectivity index (χ4v) is 2.68. The zero-order chi connectivity index (χ0) is 13.9. The molecule has 1 aromatic carbocycles. The zero-order valence-corrected chi connectivity index (χ0v) is 11.7. The van der Waals surface area contributed by atoms with E-state index in [-0.39, 0.29) is 0 Å². The largest absolute Gasteiger partial charge is 0.338 e. The van der Waals surface area contributed by atoms with E-state index in [1.54, 1.807) is 0 Å². The first kappa shape index (κ1) is 13.3. The molecule has 1 aromatic heterocycles. The average Bonchev–Trinajstić information content (AvgIpc) is 3.09. The van der Waals surface area contributed by atoms with Gasteiger partial charge in [0, 0.05) is 18.2 Å². The van der Waals surface area contributed by atoms with Gasteiger partial charge >= 0.3 is 0 Å². The van der Waals surface area contributed by atoms with Gasteiger partial charge in [-0.15, -0.1) is 0 Å². The molecule has 0 saturated carbocycles. The SMILES string of the molecule is Cc1ccc(-c2noc(CN3CCCC3CN)n2)cc1. The van der Waals surface area contributed by atoms with Crippen molar-refractivity contribution in [1.29, 1.82) is 0 Å². The lowest BCUT2D eigenvalue weighted by molar-refractivity contribution is 0.214. The smallest absolute Gasteiger partial charge is 0.241 e. The molecule has 1 aliphatic rings.